The Balaban J connectivity index is 1.71. The monoisotopic (exact) mass is 450 g/mol. The number of nitrogens with zero attached hydrogens (tertiary/aromatic N) is 1. The minimum absolute atomic E-state index is 0.0114. The summed E-state index contributed by atoms with van der Waals surface area (Å²) in [5, 5.41) is 13.1. The van der Waals surface area contributed by atoms with Crippen molar-refractivity contribution in [3.63, 3.8) is 0 Å². The number of benzene rings is 4. The minimum atomic E-state index is -1.91. The van der Waals surface area contributed by atoms with E-state index in [-0.39, 0.29) is 5.92 Å². The second-order valence-corrected chi connectivity index (χ2v) is 11.8. The lowest BCUT2D eigenvalue weighted by molar-refractivity contribution is 0.297. The third-order valence-electron chi connectivity index (χ3n) is 5.97. The molecule has 4 aromatic carbocycles. The maximum atomic E-state index is 8.96. The Kier molecular flexibility index (Phi) is 7.56. The minimum Gasteiger partial charge on any atom is -0.494 e. The molecule has 0 radical (unpaired) electrons. The molecule has 0 N–H and O–H groups in total. The van der Waals surface area contributed by atoms with Gasteiger partial charge in [0.05, 0.1) is 18.8 Å². The molecule has 0 fully saturated rings. The van der Waals surface area contributed by atoms with Crippen LogP contribution in [0.2, 0.25) is 0 Å². The number of nitriles is 1. The molecular weight excluding hydrogens is 421 g/mol. The zero-order chi connectivity index (χ0) is 22.9. The first kappa shape index (κ1) is 22.8. The van der Waals surface area contributed by atoms with Crippen molar-refractivity contribution < 1.29 is 4.74 Å². The Morgan fingerprint density at radius 1 is 0.697 bits per heavy atom. The molecule has 2 nitrogen and oxygen atoms in total. The summed E-state index contributed by atoms with van der Waals surface area (Å²) in [7, 11) is -1.91. The molecule has 0 saturated heterocycles. The molecule has 0 aromatic heterocycles. The van der Waals surface area contributed by atoms with Crippen LogP contribution >= 0.6 is 7.26 Å². The van der Waals surface area contributed by atoms with E-state index in [2.05, 4.69) is 121 Å². The molecule has 1 atom stereocenters. The highest BCUT2D eigenvalue weighted by Gasteiger charge is 2.45. The Labute approximate surface area is 197 Å². The zero-order valence-electron chi connectivity index (χ0n) is 19.0. The van der Waals surface area contributed by atoms with E-state index in [9.17, 15) is 0 Å². The van der Waals surface area contributed by atoms with Crippen molar-refractivity contribution in [2.24, 2.45) is 5.92 Å². The Hall–Kier alpha value is -3.40. The first-order valence-electron chi connectivity index (χ1n) is 11.4. The second kappa shape index (κ2) is 11.0. The normalized spacial score (nSPS) is 12.0. The van der Waals surface area contributed by atoms with E-state index in [4.69, 9.17) is 10.00 Å². The fraction of sp³-hybridized carbons (Fsp3) is 0.167. The Morgan fingerprint density at radius 2 is 1.15 bits per heavy atom. The lowest BCUT2D eigenvalue weighted by atomic mass is 10.1. The van der Waals surface area contributed by atoms with Crippen LogP contribution in [0.3, 0.4) is 0 Å². The summed E-state index contributed by atoms with van der Waals surface area (Å²) in [6.07, 6.45) is 1.68. The largest absolute Gasteiger partial charge is 0.494 e. The van der Waals surface area contributed by atoms with Crippen LogP contribution in [-0.2, 0) is 6.16 Å². The van der Waals surface area contributed by atoms with Gasteiger partial charge in [0, 0.05) is 5.92 Å². The van der Waals surface area contributed by atoms with Crippen LogP contribution in [-0.4, -0.2) is 6.61 Å². The maximum absolute atomic E-state index is 8.96. The average molecular weight is 451 g/mol. The van der Waals surface area contributed by atoms with E-state index in [0.717, 1.165) is 18.3 Å². The molecule has 0 aliphatic rings. The molecule has 164 valence electrons. The maximum Gasteiger partial charge on any atom is 0.119 e. The van der Waals surface area contributed by atoms with E-state index < -0.39 is 7.26 Å². The van der Waals surface area contributed by atoms with Gasteiger partial charge in [-0.1, -0.05) is 66.7 Å². The summed E-state index contributed by atoms with van der Waals surface area (Å²) >= 11 is 0. The number of hydrogen-bond acceptors (Lipinski definition) is 2. The molecular formula is C30H29NOP+. The van der Waals surface area contributed by atoms with Crippen molar-refractivity contribution in [3.8, 4) is 11.8 Å². The highest BCUT2D eigenvalue weighted by atomic mass is 31.2. The molecule has 0 spiro atoms. The van der Waals surface area contributed by atoms with Gasteiger partial charge in [-0.25, -0.2) is 0 Å². The van der Waals surface area contributed by atoms with Crippen LogP contribution in [0, 0.1) is 17.2 Å². The van der Waals surface area contributed by atoms with Crippen LogP contribution < -0.4 is 20.7 Å². The molecule has 0 bridgehead atoms. The lowest BCUT2D eigenvalue weighted by Gasteiger charge is -2.28. The van der Waals surface area contributed by atoms with Crippen LogP contribution in [0.25, 0.3) is 0 Å². The summed E-state index contributed by atoms with van der Waals surface area (Å²) in [6.45, 7) is 2.48. The van der Waals surface area contributed by atoms with Gasteiger partial charge in [-0.3, -0.25) is 0 Å². The number of rotatable bonds is 9. The van der Waals surface area contributed by atoms with Crippen molar-refractivity contribution >= 4 is 23.2 Å². The average Bonchev–Trinajstić information content (AvgIpc) is 2.89. The smallest absolute Gasteiger partial charge is 0.119 e. The van der Waals surface area contributed by atoms with Gasteiger partial charge in [0.25, 0.3) is 0 Å². The SMILES string of the molecule is CC(C#N)CCOc1ccc(C[P+](c2ccccc2)(c2ccccc2)c2ccccc2)cc1. The first-order valence-corrected chi connectivity index (χ1v) is 13.4. The van der Waals surface area contributed by atoms with Crippen molar-refractivity contribution in [2.45, 2.75) is 19.5 Å². The number of hydrogen-bond donors (Lipinski definition) is 0. The van der Waals surface area contributed by atoms with Gasteiger partial charge in [0.1, 0.15) is 28.9 Å². The summed E-state index contributed by atoms with van der Waals surface area (Å²) in [4.78, 5) is 0. The standard InChI is InChI=1S/C30H29NOP/c1-25(23-31)21-22-32-27-19-17-26(18-20-27)24-33(28-11-5-2-6-12-28,29-13-7-3-8-14-29)30-15-9-4-10-16-30/h2-20,25H,21-22,24H2,1H3/q+1. The van der Waals surface area contributed by atoms with Crippen LogP contribution in [0.1, 0.15) is 18.9 Å². The molecule has 3 heteroatoms. The summed E-state index contributed by atoms with van der Waals surface area (Å²) < 4.78 is 5.88. The predicted molar refractivity (Wildman–Crippen MR) is 140 cm³/mol. The van der Waals surface area contributed by atoms with Crippen LogP contribution in [0.15, 0.2) is 115 Å². The molecule has 0 heterocycles. The molecule has 1 unspecified atom stereocenters. The zero-order valence-corrected chi connectivity index (χ0v) is 19.9. The lowest BCUT2D eigenvalue weighted by Crippen LogP contribution is -2.32. The van der Waals surface area contributed by atoms with Crippen LogP contribution in [0.5, 0.6) is 5.75 Å². The van der Waals surface area contributed by atoms with Gasteiger partial charge in [-0.15, -0.1) is 0 Å². The topological polar surface area (TPSA) is 33.0 Å². The van der Waals surface area contributed by atoms with Crippen molar-refractivity contribution in [3.05, 3.63) is 121 Å². The summed E-state index contributed by atoms with van der Waals surface area (Å²) in [5.41, 5.74) is 1.29. The van der Waals surface area contributed by atoms with E-state index in [1.165, 1.54) is 21.5 Å². The van der Waals surface area contributed by atoms with Crippen molar-refractivity contribution in [2.75, 3.05) is 6.61 Å². The fourth-order valence-corrected chi connectivity index (χ4v) is 8.40. The molecule has 0 aliphatic heterocycles. The molecule has 0 amide bonds. The van der Waals surface area contributed by atoms with E-state index in [1.54, 1.807) is 0 Å². The number of ether oxygens (including phenoxy) is 1. The molecule has 4 aromatic rings. The molecule has 0 saturated carbocycles. The highest BCUT2D eigenvalue weighted by molar-refractivity contribution is 7.95. The Morgan fingerprint density at radius 3 is 1.58 bits per heavy atom. The third kappa shape index (κ3) is 5.33. The van der Waals surface area contributed by atoms with Gasteiger partial charge in [0.2, 0.25) is 0 Å². The van der Waals surface area contributed by atoms with E-state index in [0.29, 0.717) is 6.61 Å². The summed E-state index contributed by atoms with van der Waals surface area (Å²) in [6, 6.07) is 43.6. The quantitative estimate of drug-likeness (QED) is 0.288. The highest BCUT2D eigenvalue weighted by Crippen LogP contribution is 2.58. The predicted octanol–water partition coefficient (Wildman–Crippen LogP) is 6.11. The van der Waals surface area contributed by atoms with E-state index in [1.807, 2.05) is 6.92 Å². The molecule has 33 heavy (non-hydrogen) atoms. The third-order valence-corrected chi connectivity index (χ3v) is 10.4. The van der Waals surface area contributed by atoms with Gasteiger partial charge in [0.15, 0.2) is 0 Å². The first-order chi connectivity index (χ1) is 16.2. The van der Waals surface area contributed by atoms with Gasteiger partial charge >= 0.3 is 0 Å². The van der Waals surface area contributed by atoms with Gasteiger partial charge in [-0.2, -0.15) is 5.26 Å². The molecule has 4 rings (SSSR count). The second-order valence-electron chi connectivity index (χ2n) is 8.29. The van der Waals surface area contributed by atoms with E-state index >= 15 is 0 Å². The molecule has 0 aliphatic carbocycles. The van der Waals surface area contributed by atoms with Crippen molar-refractivity contribution in [1.82, 2.24) is 0 Å². The summed E-state index contributed by atoms with van der Waals surface area (Å²) in [5.74, 6) is 0.865. The fourth-order valence-electron chi connectivity index (χ4n) is 4.15. The van der Waals surface area contributed by atoms with Crippen molar-refractivity contribution in [1.29, 1.82) is 5.26 Å². The van der Waals surface area contributed by atoms with Crippen LogP contribution in [0.4, 0.5) is 0 Å². The Bertz CT molecular complexity index is 1070. The van der Waals surface area contributed by atoms with Gasteiger partial charge < -0.3 is 4.74 Å². The van der Waals surface area contributed by atoms with Gasteiger partial charge in [-0.05, 0) is 67.4 Å².